The molecule has 1 aliphatic heterocycles. The van der Waals surface area contributed by atoms with Crippen molar-refractivity contribution in [3.63, 3.8) is 0 Å². The largest absolute Gasteiger partial charge is 0.352 e. The van der Waals surface area contributed by atoms with Gasteiger partial charge in [-0.2, -0.15) is 0 Å². The van der Waals surface area contributed by atoms with Crippen molar-refractivity contribution in [1.29, 1.82) is 0 Å². The Balaban J connectivity index is 1.96. The van der Waals surface area contributed by atoms with Crippen molar-refractivity contribution in [2.45, 2.75) is 39.7 Å². The number of likely N-dealkylation sites (tertiary alicyclic amines) is 1. The molecule has 1 N–H and O–H groups in total. The number of carbonyl (C=O) groups is 1. The third-order valence-electron chi connectivity index (χ3n) is 4.30. The van der Waals surface area contributed by atoms with E-state index in [1.54, 1.807) is 0 Å². The van der Waals surface area contributed by atoms with E-state index in [0.29, 0.717) is 12.0 Å². The van der Waals surface area contributed by atoms with Gasteiger partial charge in [0.15, 0.2) is 0 Å². The Morgan fingerprint density at radius 2 is 2.00 bits per heavy atom. The third-order valence-corrected chi connectivity index (χ3v) is 4.30. The molecule has 2 rings (SSSR count). The Morgan fingerprint density at radius 1 is 1.29 bits per heavy atom. The van der Waals surface area contributed by atoms with E-state index in [-0.39, 0.29) is 11.8 Å². The van der Waals surface area contributed by atoms with Crippen molar-refractivity contribution in [3.8, 4) is 0 Å². The number of likely N-dealkylation sites (N-methyl/N-ethyl adjacent to an activating group) is 1. The highest BCUT2D eigenvalue weighted by Crippen LogP contribution is 2.21. The highest BCUT2D eigenvalue weighted by Gasteiger charge is 2.27. The van der Waals surface area contributed by atoms with E-state index < -0.39 is 0 Å². The Hall–Kier alpha value is -1.35. The van der Waals surface area contributed by atoms with Crippen LogP contribution >= 0.6 is 0 Å². The molecule has 0 radical (unpaired) electrons. The van der Waals surface area contributed by atoms with Gasteiger partial charge in [0.05, 0.1) is 0 Å². The number of piperidine rings is 1. The number of rotatable bonds is 5. The van der Waals surface area contributed by atoms with E-state index in [0.717, 1.165) is 32.5 Å². The zero-order chi connectivity index (χ0) is 15.2. The molecule has 3 nitrogen and oxygen atoms in total. The van der Waals surface area contributed by atoms with E-state index in [1.165, 1.54) is 5.56 Å². The molecule has 1 aromatic rings. The maximum atomic E-state index is 11.9. The van der Waals surface area contributed by atoms with Crippen LogP contribution in [0.15, 0.2) is 30.3 Å². The van der Waals surface area contributed by atoms with Crippen molar-refractivity contribution in [2.75, 3.05) is 19.6 Å². The van der Waals surface area contributed by atoms with Gasteiger partial charge < -0.3 is 10.2 Å². The van der Waals surface area contributed by atoms with Crippen LogP contribution in [0, 0.1) is 11.8 Å². The number of benzene rings is 1. The lowest BCUT2D eigenvalue weighted by Gasteiger charge is -2.38. The third kappa shape index (κ3) is 4.85. The van der Waals surface area contributed by atoms with Gasteiger partial charge in [-0.1, -0.05) is 51.1 Å². The second kappa shape index (κ2) is 7.60. The second-order valence-corrected chi connectivity index (χ2v) is 6.50. The lowest BCUT2D eigenvalue weighted by Crippen LogP contribution is -2.51. The molecule has 2 unspecified atom stereocenters. The first-order valence-corrected chi connectivity index (χ1v) is 8.15. The summed E-state index contributed by atoms with van der Waals surface area (Å²) in [7, 11) is 0. The first-order chi connectivity index (χ1) is 10.1. The summed E-state index contributed by atoms with van der Waals surface area (Å²) in [6.45, 7) is 9.29. The van der Waals surface area contributed by atoms with E-state index in [1.807, 2.05) is 13.8 Å². The van der Waals surface area contributed by atoms with Crippen LogP contribution in [0.25, 0.3) is 0 Å². The lowest BCUT2D eigenvalue weighted by atomic mass is 9.88. The number of hydrogen-bond donors (Lipinski definition) is 1. The van der Waals surface area contributed by atoms with E-state index in [9.17, 15) is 4.79 Å². The molecule has 1 amide bonds. The van der Waals surface area contributed by atoms with Gasteiger partial charge >= 0.3 is 0 Å². The fourth-order valence-electron chi connectivity index (χ4n) is 3.13. The highest BCUT2D eigenvalue weighted by molar-refractivity contribution is 5.78. The predicted molar refractivity (Wildman–Crippen MR) is 87.1 cm³/mol. The Bertz CT molecular complexity index is 444. The summed E-state index contributed by atoms with van der Waals surface area (Å²) in [5, 5.41) is 3.22. The van der Waals surface area contributed by atoms with Gasteiger partial charge in [0, 0.05) is 25.0 Å². The van der Waals surface area contributed by atoms with Gasteiger partial charge in [-0.25, -0.2) is 0 Å². The molecule has 116 valence electrons. The second-order valence-electron chi connectivity index (χ2n) is 6.50. The number of amides is 1. The highest BCUT2D eigenvalue weighted by atomic mass is 16.1. The van der Waals surface area contributed by atoms with Crippen LogP contribution in [0.1, 0.15) is 32.8 Å². The smallest absolute Gasteiger partial charge is 0.222 e. The average molecular weight is 288 g/mol. The van der Waals surface area contributed by atoms with Crippen LogP contribution in [-0.2, 0) is 11.2 Å². The molecule has 1 heterocycles. The van der Waals surface area contributed by atoms with E-state index in [2.05, 4.69) is 47.5 Å². The number of carbonyl (C=O) groups excluding carboxylic acids is 1. The summed E-state index contributed by atoms with van der Waals surface area (Å²) >= 11 is 0. The Labute approximate surface area is 128 Å². The van der Waals surface area contributed by atoms with Crippen molar-refractivity contribution in [1.82, 2.24) is 10.2 Å². The van der Waals surface area contributed by atoms with Crippen LogP contribution in [-0.4, -0.2) is 36.5 Å². The molecule has 0 saturated carbocycles. The van der Waals surface area contributed by atoms with Gasteiger partial charge in [-0.05, 0) is 30.9 Å². The maximum Gasteiger partial charge on any atom is 0.222 e. The Kier molecular flexibility index (Phi) is 5.80. The van der Waals surface area contributed by atoms with Crippen LogP contribution in [0.4, 0.5) is 0 Å². The zero-order valence-corrected chi connectivity index (χ0v) is 13.5. The number of nitrogens with one attached hydrogen (secondary N) is 1. The van der Waals surface area contributed by atoms with Gasteiger partial charge in [-0.15, -0.1) is 0 Å². The average Bonchev–Trinajstić information content (AvgIpc) is 2.47. The molecule has 0 bridgehead atoms. The quantitative estimate of drug-likeness (QED) is 0.903. The molecule has 1 aromatic carbocycles. The first-order valence-electron chi connectivity index (χ1n) is 8.15. The van der Waals surface area contributed by atoms with Crippen molar-refractivity contribution in [3.05, 3.63) is 35.9 Å². The summed E-state index contributed by atoms with van der Waals surface area (Å²) in [5.74, 6) is 0.865. The molecule has 21 heavy (non-hydrogen) atoms. The van der Waals surface area contributed by atoms with Crippen molar-refractivity contribution in [2.24, 2.45) is 11.8 Å². The minimum absolute atomic E-state index is 0.0644. The summed E-state index contributed by atoms with van der Waals surface area (Å²) in [4.78, 5) is 14.4. The molecule has 2 atom stereocenters. The van der Waals surface area contributed by atoms with Crippen molar-refractivity contribution < 1.29 is 4.79 Å². The number of hydrogen-bond acceptors (Lipinski definition) is 2. The molecule has 0 aliphatic carbocycles. The van der Waals surface area contributed by atoms with E-state index >= 15 is 0 Å². The topological polar surface area (TPSA) is 32.3 Å². The number of nitrogens with zero attached hydrogens (tertiary/aromatic N) is 1. The molecule has 3 heteroatoms. The van der Waals surface area contributed by atoms with Gasteiger partial charge in [0.1, 0.15) is 0 Å². The molecule has 1 aliphatic rings. The molecule has 1 saturated heterocycles. The minimum Gasteiger partial charge on any atom is -0.352 e. The molecular formula is C18H28N2O. The summed E-state index contributed by atoms with van der Waals surface area (Å²) in [5.41, 5.74) is 1.40. The normalized spacial score (nSPS) is 23.2. The van der Waals surface area contributed by atoms with Crippen LogP contribution in [0.2, 0.25) is 0 Å². The van der Waals surface area contributed by atoms with Gasteiger partial charge in [-0.3, -0.25) is 4.79 Å². The van der Waals surface area contributed by atoms with Gasteiger partial charge in [0.25, 0.3) is 0 Å². The Morgan fingerprint density at radius 3 is 2.62 bits per heavy atom. The monoisotopic (exact) mass is 288 g/mol. The van der Waals surface area contributed by atoms with Crippen LogP contribution in [0.5, 0.6) is 0 Å². The fourth-order valence-corrected chi connectivity index (χ4v) is 3.13. The summed E-state index contributed by atoms with van der Waals surface area (Å²) in [6, 6.07) is 11.0. The predicted octanol–water partition coefficient (Wildman–Crippen LogP) is 2.71. The molecule has 0 spiro atoms. The zero-order valence-electron chi connectivity index (χ0n) is 13.5. The summed E-state index contributed by atoms with van der Waals surface area (Å²) < 4.78 is 0. The van der Waals surface area contributed by atoms with Crippen molar-refractivity contribution >= 4 is 5.91 Å². The molecular weight excluding hydrogens is 260 g/mol. The van der Waals surface area contributed by atoms with Crippen LogP contribution < -0.4 is 5.32 Å². The fraction of sp³-hybridized carbons (Fsp3) is 0.611. The lowest BCUT2D eigenvalue weighted by molar-refractivity contribution is -0.125. The molecule has 0 aromatic heterocycles. The summed E-state index contributed by atoms with van der Waals surface area (Å²) in [6.07, 6.45) is 2.19. The molecule has 1 fully saturated rings. The van der Waals surface area contributed by atoms with E-state index in [4.69, 9.17) is 0 Å². The van der Waals surface area contributed by atoms with Crippen LogP contribution in [0.3, 0.4) is 0 Å². The maximum absolute atomic E-state index is 11.9. The standard InChI is InChI=1S/C18H28N2O/c1-4-20-12-16(10-15-8-6-5-7-9-15)11-17(13-20)19-18(21)14(2)3/h5-9,14,16-17H,4,10-13H2,1-3H3,(H,19,21). The first kappa shape index (κ1) is 16.0. The van der Waals surface area contributed by atoms with Gasteiger partial charge in [0.2, 0.25) is 5.91 Å². The minimum atomic E-state index is 0.0644. The SMILES string of the molecule is CCN1CC(Cc2ccccc2)CC(NC(=O)C(C)C)C1.